The van der Waals surface area contributed by atoms with Crippen LogP contribution in [0.4, 0.5) is 16.5 Å². The number of benzene rings is 2. The largest absolute Gasteiger partial charge is 1.00 e. The van der Waals surface area contributed by atoms with E-state index >= 15 is 0 Å². The maximum Gasteiger partial charge on any atom is 0.409 e. The lowest BCUT2D eigenvalue weighted by molar-refractivity contribution is -0.654. The third-order valence-electron chi connectivity index (χ3n) is 3.24. The summed E-state index contributed by atoms with van der Waals surface area (Å²) in [7, 11) is 1.95. The Labute approximate surface area is 164 Å². The van der Waals surface area contributed by atoms with Crippen molar-refractivity contribution in [2.75, 3.05) is 5.32 Å². The van der Waals surface area contributed by atoms with Gasteiger partial charge in [0.25, 0.3) is 0 Å². The predicted molar refractivity (Wildman–Crippen MR) is 97.6 cm³/mol. The standard InChI is InChI=1S/C17H15BrN4S.BrH/c1-22-12-16(18)23-17(22)21-20-15-9-7-14(8-10-15)19-11-13-5-3-2-4-6-13;/h2-10,12H,11H2,1H3;1H. The minimum atomic E-state index is 0. The van der Waals surface area contributed by atoms with Crippen molar-refractivity contribution >= 4 is 43.8 Å². The van der Waals surface area contributed by atoms with E-state index in [0.29, 0.717) is 0 Å². The molecule has 0 aliphatic rings. The van der Waals surface area contributed by atoms with Crippen LogP contribution in [0.1, 0.15) is 5.56 Å². The van der Waals surface area contributed by atoms with Crippen molar-refractivity contribution in [3.05, 3.63) is 70.1 Å². The topological polar surface area (TPSA) is 40.6 Å². The van der Waals surface area contributed by atoms with Crippen molar-refractivity contribution in [3.63, 3.8) is 0 Å². The number of aromatic nitrogens is 1. The van der Waals surface area contributed by atoms with Crippen molar-refractivity contribution in [3.8, 4) is 0 Å². The summed E-state index contributed by atoms with van der Waals surface area (Å²) in [6.07, 6.45) is 1.97. The smallest absolute Gasteiger partial charge is 0.409 e. The summed E-state index contributed by atoms with van der Waals surface area (Å²) in [5.41, 5.74) is 3.16. The van der Waals surface area contributed by atoms with Gasteiger partial charge < -0.3 is 22.3 Å². The molecular formula is C17H16Br2N4S. The first-order chi connectivity index (χ1) is 11.2. The maximum absolute atomic E-state index is 4.28. The molecule has 0 saturated heterocycles. The zero-order valence-corrected chi connectivity index (χ0v) is 17.0. The molecule has 0 aliphatic heterocycles. The molecule has 1 heterocycles. The minimum absolute atomic E-state index is 0. The number of nitrogens with one attached hydrogen (secondary N) is 1. The first-order valence-electron chi connectivity index (χ1n) is 7.15. The molecule has 0 amide bonds. The molecule has 7 heteroatoms. The van der Waals surface area contributed by atoms with E-state index in [1.54, 1.807) is 11.3 Å². The molecule has 0 bridgehead atoms. The molecule has 0 spiro atoms. The van der Waals surface area contributed by atoms with Gasteiger partial charge >= 0.3 is 5.13 Å². The molecule has 0 radical (unpaired) electrons. The highest BCUT2D eigenvalue weighted by molar-refractivity contribution is 9.11. The molecule has 3 aromatic rings. The fraction of sp³-hybridized carbons (Fsp3) is 0.118. The summed E-state index contributed by atoms with van der Waals surface area (Å²) < 4.78 is 2.98. The fourth-order valence-electron chi connectivity index (χ4n) is 2.03. The third kappa shape index (κ3) is 5.22. The lowest BCUT2D eigenvalue weighted by Crippen LogP contribution is -3.00. The van der Waals surface area contributed by atoms with Crippen LogP contribution in [0.5, 0.6) is 0 Å². The Morgan fingerprint density at radius 2 is 1.75 bits per heavy atom. The van der Waals surface area contributed by atoms with Crippen molar-refractivity contribution in [1.82, 2.24) is 0 Å². The summed E-state index contributed by atoms with van der Waals surface area (Å²) in [5.74, 6) is 0. The predicted octanol–water partition coefficient (Wildman–Crippen LogP) is 2.37. The van der Waals surface area contributed by atoms with Gasteiger partial charge in [-0.2, -0.15) is 0 Å². The van der Waals surface area contributed by atoms with E-state index in [0.717, 1.165) is 26.8 Å². The number of thiazole rings is 1. The van der Waals surface area contributed by atoms with Crippen LogP contribution >= 0.6 is 27.3 Å². The van der Waals surface area contributed by atoms with Crippen LogP contribution in [0, 0.1) is 0 Å². The number of nitrogens with zero attached hydrogens (tertiary/aromatic N) is 3. The molecule has 0 aliphatic carbocycles. The van der Waals surface area contributed by atoms with Gasteiger partial charge in [-0.05, 0) is 62.2 Å². The van der Waals surface area contributed by atoms with E-state index < -0.39 is 0 Å². The number of aryl methyl sites for hydroxylation is 1. The second-order valence-corrected chi connectivity index (χ2v) is 7.40. The van der Waals surface area contributed by atoms with Crippen molar-refractivity contribution in [1.29, 1.82) is 0 Å². The number of hydrogen-bond acceptors (Lipinski definition) is 4. The molecule has 124 valence electrons. The molecule has 4 nitrogen and oxygen atoms in total. The van der Waals surface area contributed by atoms with Gasteiger partial charge in [-0.25, -0.2) is 4.57 Å². The van der Waals surface area contributed by atoms with E-state index in [1.807, 2.05) is 60.3 Å². The Hall–Kier alpha value is -1.57. The van der Waals surface area contributed by atoms with Crippen LogP contribution in [-0.4, -0.2) is 0 Å². The first-order valence-corrected chi connectivity index (χ1v) is 8.76. The Bertz CT molecular complexity index is 801. The summed E-state index contributed by atoms with van der Waals surface area (Å²) in [4.78, 5) is 0. The Morgan fingerprint density at radius 1 is 1.04 bits per heavy atom. The summed E-state index contributed by atoms with van der Waals surface area (Å²) in [6.45, 7) is 0.806. The Kier molecular flexibility index (Phi) is 7.08. The van der Waals surface area contributed by atoms with E-state index in [2.05, 4.69) is 43.6 Å². The Morgan fingerprint density at radius 3 is 2.38 bits per heavy atom. The van der Waals surface area contributed by atoms with Gasteiger partial charge in [0.2, 0.25) is 0 Å². The van der Waals surface area contributed by atoms with Gasteiger partial charge in [-0.1, -0.05) is 30.3 Å². The van der Waals surface area contributed by atoms with Crippen molar-refractivity contribution < 1.29 is 21.5 Å². The van der Waals surface area contributed by atoms with Crippen LogP contribution in [0.3, 0.4) is 0 Å². The third-order valence-corrected chi connectivity index (χ3v) is 4.79. The highest BCUT2D eigenvalue weighted by Gasteiger charge is 2.11. The van der Waals surface area contributed by atoms with Crippen LogP contribution < -0.4 is 26.9 Å². The van der Waals surface area contributed by atoms with Gasteiger partial charge in [0, 0.05) is 12.2 Å². The molecule has 0 saturated carbocycles. The molecule has 2 aromatic carbocycles. The first kappa shape index (κ1) is 18.8. The summed E-state index contributed by atoms with van der Waals surface area (Å²) >= 11 is 4.99. The number of rotatable bonds is 5. The highest BCUT2D eigenvalue weighted by Crippen LogP contribution is 2.26. The van der Waals surface area contributed by atoms with Crippen LogP contribution in [0.15, 0.2) is 74.8 Å². The minimum Gasteiger partial charge on any atom is -1.00 e. The van der Waals surface area contributed by atoms with Crippen LogP contribution in [-0.2, 0) is 13.6 Å². The average Bonchev–Trinajstić information content (AvgIpc) is 2.90. The SMILES string of the molecule is C[n+]1cc(Br)sc1N=Nc1ccc(NCc2ccccc2)cc1.[Br-]. The molecule has 24 heavy (non-hydrogen) atoms. The number of halogens is 2. The zero-order chi connectivity index (χ0) is 16.1. The second-order valence-electron chi connectivity index (χ2n) is 5.01. The molecule has 0 fully saturated rings. The number of hydrogen-bond donors (Lipinski definition) is 1. The molecule has 1 N–H and O–H groups in total. The lowest BCUT2D eigenvalue weighted by Gasteiger charge is -2.05. The number of azo groups is 1. The van der Waals surface area contributed by atoms with Gasteiger partial charge in [0.15, 0.2) is 0 Å². The van der Waals surface area contributed by atoms with E-state index in [9.17, 15) is 0 Å². The fourth-order valence-corrected chi connectivity index (χ4v) is 3.44. The molecule has 3 rings (SSSR count). The quantitative estimate of drug-likeness (QED) is 0.454. The molecule has 1 aromatic heterocycles. The molecular weight excluding hydrogens is 452 g/mol. The van der Waals surface area contributed by atoms with E-state index in [1.165, 1.54) is 5.56 Å². The summed E-state index contributed by atoms with van der Waals surface area (Å²) in [6, 6.07) is 18.3. The summed E-state index contributed by atoms with van der Waals surface area (Å²) in [5, 5.41) is 12.8. The zero-order valence-electron chi connectivity index (χ0n) is 13.0. The normalized spacial score (nSPS) is 10.6. The van der Waals surface area contributed by atoms with Crippen molar-refractivity contribution in [2.45, 2.75) is 6.54 Å². The monoisotopic (exact) mass is 466 g/mol. The van der Waals surface area contributed by atoms with Gasteiger partial charge in [0.1, 0.15) is 15.7 Å². The van der Waals surface area contributed by atoms with Crippen LogP contribution in [0.2, 0.25) is 0 Å². The average molecular weight is 468 g/mol. The molecule has 0 unspecified atom stereocenters. The van der Waals surface area contributed by atoms with E-state index in [4.69, 9.17) is 0 Å². The van der Waals surface area contributed by atoms with Crippen LogP contribution in [0.25, 0.3) is 0 Å². The Balaban J connectivity index is 0.00000208. The van der Waals surface area contributed by atoms with E-state index in [-0.39, 0.29) is 17.0 Å². The second kappa shape index (κ2) is 9.05. The van der Waals surface area contributed by atoms with Gasteiger partial charge in [0.05, 0.1) is 12.2 Å². The number of anilines is 1. The van der Waals surface area contributed by atoms with Crippen molar-refractivity contribution in [2.24, 2.45) is 17.3 Å². The van der Waals surface area contributed by atoms with Gasteiger partial charge in [-0.3, -0.25) is 0 Å². The maximum atomic E-state index is 4.28. The lowest BCUT2D eigenvalue weighted by atomic mass is 10.2. The highest BCUT2D eigenvalue weighted by atomic mass is 79.9. The van der Waals surface area contributed by atoms with Gasteiger partial charge in [-0.15, -0.1) is 0 Å². The molecule has 0 atom stereocenters.